The smallest absolute Gasteiger partial charge is 0.223 e. The second-order valence-corrected chi connectivity index (χ2v) is 6.82. The number of pyridine rings is 1. The number of rotatable bonds is 3. The lowest BCUT2D eigenvalue weighted by molar-refractivity contribution is -0.136. The fourth-order valence-electron chi connectivity index (χ4n) is 3.95. The normalized spacial score (nSPS) is 19.6. The van der Waals surface area contributed by atoms with Crippen LogP contribution in [-0.2, 0) is 11.3 Å². The van der Waals surface area contributed by atoms with Gasteiger partial charge in [0.15, 0.2) is 0 Å². The van der Waals surface area contributed by atoms with E-state index in [1.54, 1.807) is 12.3 Å². The molecule has 2 N–H and O–H groups in total. The molecule has 2 fully saturated rings. The maximum absolute atomic E-state index is 12.3. The molecule has 1 heterocycles. The number of benzene rings is 1. The Morgan fingerprint density at radius 2 is 2.14 bits per heavy atom. The van der Waals surface area contributed by atoms with Crippen molar-refractivity contribution in [3.05, 3.63) is 36.0 Å². The van der Waals surface area contributed by atoms with Crippen molar-refractivity contribution in [1.82, 2.24) is 10.3 Å². The van der Waals surface area contributed by atoms with Gasteiger partial charge in [-0.15, -0.1) is 0 Å². The molecule has 2 aliphatic carbocycles. The molecule has 2 aliphatic rings. The van der Waals surface area contributed by atoms with E-state index in [4.69, 9.17) is 0 Å². The maximum Gasteiger partial charge on any atom is 0.223 e. The van der Waals surface area contributed by atoms with Gasteiger partial charge in [0, 0.05) is 24.0 Å². The second-order valence-electron chi connectivity index (χ2n) is 6.82. The highest BCUT2D eigenvalue weighted by Crippen LogP contribution is 2.58. The van der Waals surface area contributed by atoms with Crippen molar-refractivity contribution >= 4 is 16.8 Å². The number of carbonyl (C=O) groups is 1. The van der Waals surface area contributed by atoms with Crippen molar-refractivity contribution < 1.29 is 9.90 Å². The molecule has 1 aromatic carbocycles. The number of amides is 1. The first kappa shape index (κ1) is 13.6. The molecule has 0 radical (unpaired) electrons. The lowest BCUT2D eigenvalue weighted by atomic mass is 9.51. The number of nitrogens with one attached hydrogen (secondary N) is 1. The van der Waals surface area contributed by atoms with Crippen molar-refractivity contribution in [3.8, 4) is 5.75 Å². The number of phenolic OH excluding ortho intramolecular Hbond substituents is 1. The minimum atomic E-state index is 0.169. The predicted octanol–water partition coefficient (Wildman–Crippen LogP) is 3.14. The lowest BCUT2D eigenvalue weighted by Gasteiger charge is -2.53. The van der Waals surface area contributed by atoms with Crippen LogP contribution in [0.15, 0.2) is 30.5 Å². The summed E-state index contributed by atoms with van der Waals surface area (Å²) in [7, 11) is 0. The highest BCUT2D eigenvalue weighted by atomic mass is 16.3. The van der Waals surface area contributed by atoms with Crippen LogP contribution in [0.25, 0.3) is 10.9 Å². The molecular weight excluding hydrogens is 276 g/mol. The van der Waals surface area contributed by atoms with Crippen LogP contribution in [0, 0.1) is 11.3 Å². The van der Waals surface area contributed by atoms with Gasteiger partial charge in [-0.25, -0.2) is 0 Å². The minimum Gasteiger partial charge on any atom is -0.506 e. The van der Waals surface area contributed by atoms with Gasteiger partial charge >= 0.3 is 0 Å². The zero-order valence-corrected chi connectivity index (χ0v) is 12.5. The van der Waals surface area contributed by atoms with Gasteiger partial charge in [-0.2, -0.15) is 0 Å². The summed E-state index contributed by atoms with van der Waals surface area (Å²) < 4.78 is 0. The van der Waals surface area contributed by atoms with Crippen LogP contribution in [0.1, 0.15) is 37.7 Å². The Morgan fingerprint density at radius 3 is 2.86 bits per heavy atom. The fourth-order valence-corrected chi connectivity index (χ4v) is 3.95. The van der Waals surface area contributed by atoms with Crippen molar-refractivity contribution in [2.75, 3.05) is 0 Å². The quantitative estimate of drug-likeness (QED) is 0.914. The van der Waals surface area contributed by atoms with Gasteiger partial charge in [0.2, 0.25) is 5.91 Å². The van der Waals surface area contributed by atoms with E-state index >= 15 is 0 Å². The zero-order valence-electron chi connectivity index (χ0n) is 12.5. The Labute approximate surface area is 129 Å². The number of aromatic hydroxyl groups is 1. The molecule has 1 amide bonds. The van der Waals surface area contributed by atoms with Crippen molar-refractivity contribution in [2.24, 2.45) is 11.3 Å². The van der Waals surface area contributed by atoms with E-state index in [-0.39, 0.29) is 17.6 Å². The molecule has 0 aliphatic heterocycles. The molecule has 2 saturated carbocycles. The molecular formula is C18H20N2O2. The molecule has 0 saturated heterocycles. The van der Waals surface area contributed by atoms with E-state index in [9.17, 15) is 9.90 Å². The summed E-state index contributed by atoms with van der Waals surface area (Å²) in [6.07, 6.45) is 7.75. The second kappa shape index (κ2) is 4.97. The fraction of sp³-hybridized carbons (Fsp3) is 0.444. The molecule has 0 unspecified atom stereocenters. The number of hydrogen-bond donors (Lipinski definition) is 2. The third-order valence-electron chi connectivity index (χ3n) is 5.44. The van der Waals surface area contributed by atoms with Gasteiger partial charge < -0.3 is 10.4 Å². The predicted molar refractivity (Wildman–Crippen MR) is 84.3 cm³/mol. The molecule has 0 bridgehead atoms. The van der Waals surface area contributed by atoms with Crippen LogP contribution in [0.4, 0.5) is 0 Å². The van der Waals surface area contributed by atoms with Crippen molar-refractivity contribution in [2.45, 2.75) is 38.6 Å². The largest absolute Gasteiger partial charge is 0.506 e. The van der Waals surface area contributed by atoms with Gasteiger partial charge in [0.25, 0.3) is 0 Å². The Bertz CT molecular complexity index is 729. The first-order chi connectivity index (χ1) is 10.7. The highest BCUT2D eigenvalue weighted by molar-refractivity contribution is 5.87. The van der Waals surface area contributed by atoms with Gasteiger partial charge in [0.1, 0.15) is 11.3 Å². The van der Waals surface area contributed by atoms with Crippen LogP contribution < -0.4 is 5.32 Å². The Morgan fingerprint density at radius 1 is 1.32 bits per heavy atom. The molecule has 4 nitrogen and oxygen atoms in total. The summed E-state index contributed by atoms with van der Waals surface area (Å²) in [5, 5.41) is 13.8. The minimum absolute atomic E-state index is 0.169. The van der Waals surface area contributed by atoms with Gasteiger partial charge in [-0.1, -0.05) is 18.6 Å². The summed E-state index contributed by atoms with van der Waals surface area (Å²) in [5.41, 5.74) is 2.11. The molecule has 114 valence electrons. The average molecular weight is 296 g/mol. The molecule has 2 aromatic rings. The van der Waals surface area contributed by atoms with Crippen LogP contribution in [0.2, 0.25) is 0 Å². The SMILES string of the molecule is O=C(NCc1ccc(O)c2ncccc12)C1CC2(CCC2)C1. The standard InChI is InChI=1S/C18H20N2O2/c21-15-5-4-12(14-3-1-8-19-16(14)15)11-20-17(22)13-9-18(10-13)6-2-7-18/h1,3-5,8,13,21H,2,6-7,9-11H2,(H,20,22). The van der Waals surface area contributed by atoms with Gasteiger partial charge in [0.05, 0.1) is 0 Å². The summed E-state index contributed by atoms with van der Waals surface area (Å²) in [5.74, 6) is 0.543. The molecule has 4 heteroatoms. The topological polar surface area (TPSA) is 62.2 Å². The highest BCUT2D eigenvalue weighted by Gasteiger charge is 2.50. The molecule has 0 atom stereocenters. The van der Waals surface area contributed by atoms with E-state index in [0.717, 1.165) is 23.8 Å². The summed E-state index contributed by atoms with van der Waals surface area (Å²) in [6, 6.07) is 7.27. The van der Waals surface area contributed by atoms with Crippen molar-refractivity contribution in [3.63, 3.8) is 0 Å². The summed E-state index contributed by atoms with van der Waals surface area (Å²) in [4.78, 5) is 16.5. The molecule has 1 aromatic heterocycles. The lowest BCUT2D eigenvalue weighted by Crippen LogP contribution is -2.48. The number of fused-ring (bicyclic) bond motifs is 1. The Hall–Kier alpha value is -2.10. The van der Waals surface area contributed by atoms with E-state index in [0.29, 0.717) is 17.5 Å². The number of nitrogens with zero attached hydrogens (tertiary/aromatic N) is 1. The van der Waals surface area contributed by atoms with Crippen LogP contribution in [-0.4, -0.2) is 16.0 Å². The van der Waals surface area contributed by atoms with Gasteiger partial charge in [-0.3, -0.25) is 9.78 Å². The first-order valence-corrected chi connectivity index (χ1v) is 8.00. The number of aromatic nitrogens is 1. The Balaban J connectivity index is 1.44. The molecule has 4 rings (SSSR count). The van der Waals surface area contributed by atoms with Crippen LogP contribution in [0.3, 0.4) is 0 Å². The van der Waals surface area contributed by atoms with Crippen LogP contribution in [0.5, 0.6) is 5.75 Å². The number of carbonyl (C=O) groups excluding carboxylic acids is 1. The average Bonchev–Trinajstić information content (AvgIpc) is 2.44. The van der Waals surface area contributed by atoms with Crippen molar-refractivity contribution in [1.29, 1.82) is 0 Å². The summed E-state index contributed by atoms with van der Waals surface area (Å²) in [6.45, 7) is 0.491. The van der Waals surface area contributed by atoms with E-state index in [1.807, 2.05) is 18.2 Å². The number of phenols is 1. The van der Waals surface area contributed by atoms with E-state index in [2.05, 4.69) is 10.3 Å². The van der Waals surface area contributed by atoms with Crippen LogP contribution >= 0.6 is 0 Å². The zero-order chi connectivity index (χ0) is 15.2. The molecule has 22 heavy (non-hydrogen) atoms. The summed E-state index contributed by atoms with van der Waals surface area (Å²) >= 11 is 0. The number of hydrogen-bond acceptors (Lipinski definition) is 3. The third kappa shape index (κ3) is 2.14. The Kier molecular flexibility index (Phi) is 3.06. The third-order valence-corrected chi connectivity index (χ3v) is 5.44. The maximum atomic E-state index is 12.3. The molecule has 1 spiro atoms. The van der Waals surface area contributed by atoms with Gasteiger partial charge in [-0.05, 0) is 48.8 Å². The first-order valence-electron chi connectivity index (χ1n) is 8.00. The monoisotopic (exact) mass is 296 g/mol. The van der Waals surface area contributed by atoms with E-state index in [1.165, 1.54) is 19.3 Å². The van der Waals surface area contributed by atoms with E-state index < -0.39 is 0 Å².